The van der Waals surface area contributed by atoms with Crippen LogP contribution in [-0.4, -0.2) is 70.6 Å². The molecule has 0 aliphatic carbocycles. The van der Waals surface area contributed by atoms with Gasteiger partial charge in [0, 0.05) is 45.7 Å². The highest BCUT2D eigenvalue weighted by atomic mass is 127. The SMILES string of the molecule is CN=C(NCCN1CCS(=O)(=O)CC1)NCC(c1ccccc1)c1ccccc1.I. The van der Waals surface area contributed by atoms with Crippen molar-refractivity contribution < 1.29 is 8.42 Å². The lowest BCUT2D eigenvalue weighted by atomic mass is 9.91. The van der Waals surface area contributed by atoms with Crippen LogP contribution in [0.5, 0.6) is 0 Å². The number of aliphatic imine (C=N–C) groups is 1. The summed E-state index contributed by atoms with van der Waals surface area (Å²) in [4.78, 5) is 6.51. The standard InChI is InChI=1S/C22H30N4O2S.HI/c1-23-22(24-12-13-26-14-16-29(27,28)17-15-26)25-18-21(19-8-4-2-5-9-19)20-10-6-3-7-11-20;/h2-11,21H,12-18H2,1H3,(H2,23,24,25);1H. The number of hydrogen-bond acceptors (Lipinski definition) is 4. The van der Waals surface area contributed by atoms with Gasteiger partial charge >= 0.3 is 0 Å². The van der Waals surface area contributed by atoms with Crippen LogP contribution in [0.2, 0.25) is 0 Å². The van der Waals surface area contributed by atoms with E-state index in [1.165, 1.54) is 11.1 Å². The lowest BCUT2D eigenvalue weighted by Crippen LogP contribution is -2.46. The van der Waals surface area contributed by atoms with Crippen molar-refractivity contribution >= 4 is 39.8 Å². The van der Waals surface area contributed by atoms with Crippen molar-refractivity contribution in [1.29, 1.82) is 0 Å². The monoisotopic (exact) mass is 542 g/mol. The number of hydrogen-bond donors (Lipinski definition) is 2. The molecule has 30 heavy (non-hydrogen) atoms. The highest BCUT2D eigenvalue weighted by Gasteiger charge is 2.21. The molecule has 1 heterocycles. The molecule has 2 aromatic rings. The molecular weight excluding hydrogens is 511 g/mol. The number of rotatable bonds is 7. The normalized spacial score (nSPS) is 16.7. The van der Waals surface area contributed by atoms with E-state index < -0.39 is 9.84 Å². The summed E-state index contributed by atoms with van der Waals surface area (Å²) in [5.74, 6) is 1.50. The summed E-state index contributed by atoms with van der Waals surface area (Å²) in [6.07, 6.45) is 0. The molecular formula is C22H31IN4O2S. The van der Waals surface area contributed by atoms with Gasteiger partial charge in [-0.2, -0.15) is 0 Å². The lowest BCUT2D eigenvalue weighted by Gasteiger charge is -2.27. The van der Waals surface area contributed by atoms with Crippen LogP contribution in [0.15, 0.2) is 65.7 Å². The number of benzene rings is 2. The Labute approximate surface area is 197 Å². The van der Waals surface area contributed by atoms with Crippen molar-refractivity contribution in [3.63, 3.8) is 0 Å². The molecule has 0 atom stereocenters. The van der Waals surface area contributed by atoms with Gasteiger partial charge in [0.1, 0.15) is 0 Å². The highest BCUT2D eigenvalue weighted by Crippen LogP contribution is 2.23. The van der Waals surface area contributed by atoms with Gasteiger partial charge in [-0.25, -0.2) is 8.42 Å². The minimum atomic E-state index is -2.83. The van der Waals surface area contributed by atoms with Crippen LogP contribution in [0.3, 0.4) is 0 Å². The molecule has 1 aliphatic rings. The topological polar surface area (TPSA) is 73.8 Å². The zero-order chi connectivity index (χ0) is 20.5. The number of halogens is 1. The maximum atomic E-state index is 11.5. The third-order valence-corrected chi connectivity index (χ3v) is 6.87. The van der Waals surface area contributed by atoms with Gasteiger partial charge in [-0.3, -0.25) is 9.89 Å². The van der Waals surface area contributed by atoms with Crippen molar-refractivity contribution in [2.45, 2.75) is 5.92 Å². The van der Waals surface area contributed by atoms with Crippen molar-refractivity contribution in [3.8, 4) is 0 Å². The van der Waals surface area contributed by atoms with E-state index in [-0.39, 0.29) is 41.4 Å². The molecule has 3 rings (SSSR count). The molecule has 1 fully saturated rings. The van der Waals surface area contributed by atoms with E-state index in [4.69, 9.17) is 0 Å². The molecule has 1 saturated heterocycles. The molecule has 164 valence electrons. The fourth-order valence-corrected chi connectivity index (χ4v) is 4.80. The van der Waals surface area contributed by atoms with Gasteiger partial charge in [0.05, 0.1) is 11.5 Å². The van der Waals surface area contributed by atoms with Gasteiger partial charge in [0.2, 0.25) is 0 Å². The van der Waals surface area contributed by atoms with Crippen molar-refractivity contribution in [1.82, 2.24) is 15.5 Å². The maximum absolute atomic E-state index is 11.5. The van der Waals surface area contributed by atoms with E-state index in [9.17, 15) is 8.42 Å². The lowest BCUT2D eigenvalue weighted by molar-refractivity contribution is 0.299. The summed E-state index contributed by atoms with van der Waals surface area (Å²) in [6, 6.07) is 20.9. The van der Waals surface area contributed by atoms with Crippen LogP contribution in [0.25, 0.3) is 0 Å². The van der Waals surface area contributed by atoms with E-state index in [0.29, 0.717) is 13.1 Å². The molecule has 8 heteroatoms. The first kappa shape index (κ1) is 24.6. The van der Waals surface area contributed by atoms with E-state index >= 15 is 0 Å². The molecule has 0 radical (unpaired) electrons. The summed E-state index contributed by atoms with van der Waals surface area (Å²) >= 11 is 0. The maximum Gasteiger partial charge on any atom is 0.191 e. The van der Waals surface area contributed by atoms with Crippen LogP contribution in [0, 0.1) is 0 Å². The molecule has 1 aliphatic heterocycles. The third-order valence-electron chi connectivity index (χ3n) is 5.26. The van der Waals surface area contributed by atoms with Crippen LogP contribution in [0.1, 0.15) is 17.0 Å². The van der Waals surface area contributed by atoms with E-state index in [2.05, 4.69) is 69.1 Å². The predicted octanol–water partition coefficient (Wildman–Crippen LogP) is 2.33. The van der Waals surface area contributed by atoms with Crippen LogP contribution in [-0.2, 0) is 9.84 Å². The highest BCUT2D eigenvalue weighted by molar-refractivity contribution is 14.0. The van der Waals surface area contributed by atoms with Crippen molar-refractivity contribution in [2.24, 2.45) is 4.99 Å². The second-order valence-corrected chi connectivity index (χ2v) is 9.55. The number of sulfone groups is 1. The quantitative estimate of drug-likeness (QED) is 0.319. The summed E-state index contributed by atoms with van der Waals surface area (Å²) in [6.45, 7) is 3.48. The van der Waals surface area contributed by atoms with Crippen molar-refractivity contribution in [3.05, 3.63) is 71.8 Å². The first-order chi connectivity index (χ1) is 14.1. The molecule has 0 bridgehead atoms. The fourth-order valence-electron chi connectivity index (χ4n) is 3.52. The molecule has 0 unspecified atom stereocenters. The Morgan fingerprint density at radius 1 is 0.967 bits per heavy atom. The summed E-state index contributed by atoms with van der Waals surface area (Å²) < 4.78 is 23.1. The van der Waals surface area contributed by atoms with Gasteiger partial charge < -0.3 is 10.6 Å². The van der Waals surface area contributed by atoms with Gasteiger partial charge in [-0.1, -0.05) is 60.7 Å². The Morgan fingerprint density at radius 2 is 1.50 bits per heavy atom. The second-order valence-electron chi connectivity index (χ2n) is 7.25. The first-order valence-corrected chi connectivity index (χ1v) is 11.9. The molecule has 0 amide bonds. The largest absolute Gasteiger partial charge is 0.355 e. The third kappa shape index (κ3) is 7.55. The second kappa shape index (κ2) is 12.3. The minimum Gasteiger partial charge on any atom is -0.355 e. The first-order valence-electron chi connectivity index (χ1n) is 10.0. The van der Waals surface area contributed by atoms with E-state index in [0.717, 1.165) is 25.6 Å². The molecule has 0 saturated carbocycles. The molecule has 0 spiro atoms. The number of guanidine groups is 1. The van der Waals surface area contributed by atoms with Crippen LogP contribution in [0.4, 0.5) is 0 Å². The average molecular weight is 542 g/mol. The predicted molar refractivity (Wildman–Crippen MR) is 135 cm³/mol. The molecule has 6 nitrogen and oxygen atoms in total. The van der Waals surface area contributed by atoms with E-state index in [1.54, 1.807) is 7.05 Å². The minimum absolute atomic E-state index is 0. The Hall–Kier alpha value is -1.65. The Balaban J connectivity index is 0.00000320. The van der Waals surface area contributed by atoms with Gasteiger partial charge in [-0.15, -0.1) is 24.0 Å². The molecule has 2 aromatic carbocycles. The van der Waals surface area contributed by atoms with Gasteiger partial charge in [-0.05, 0) is 11.1 Å². The van der Waals surface area contributed by atoms with Gasteiger partial charge in [0.25, 0.3) is 0 Å². The molecule has 2 N–H and O–H groups in total. The zero-order valence-electron chi connectivity index (χ0n) is 17.3. The summed E-state index contributed by atoms with van der Waals surface area (Å²) in [7, 11) is -1.06. The Bertz CT molecular complexity index is 838. The fraction of sp³-hybridized carbons (Fsp3) is 0.409. The molecule has 0 aromatic heterocycles. The Kier molecular flexibility index (Phi) is 10.1. The average Bonchev–Trinajstić information content (AvgIpc) is 2.75. The van der Waals surface area contributed by atoms with E-state index in [1.807, 2.05) is 12.1 Å². The van der Waals surface area contributed by atoms with Crippen LogP contribution < -0.4 is 10.6 Å². The summed E-state index contributed by atoms with van der Waals surface area (Å²) in [5, 5.41) is 6.79. The van der Waals surface area contributed by atoms with Crippen LogP contribution >= 0.6 is 24.0 Å². The van der Waals surface area contributed by atoms with Crippen molar-refractivity contribution in [2.75, 3.05) is 51.3 Å². The number of nitrogens with one attached hydrogen (secondary N) is 2. The van der Waals surface area contributed by atoms with Gasteiger partial charge in [0.15, 0.2) is 15.8 Å². The smallest absolute Gasteiger partial charge is 0.191 e. The zero-order valence-corrected chi connectivity index (χ0v) is 20.5. The Morgan fingerprint density at radius 3 is 2.00 bits per heavy atom. The summed E-state index contributed by atoms with van der Waals surface area (Å²) in [5.41, 5.74) is 2.52. The number of nitrogens with zero attached hydrogens (tertiary/aromatic N) is 2.